The molecule has 2 heterocycles. The van der Waals surface area contributed by atoms with Crippen LogP contribution in [0.1, 0.15) is 28.9 Å². The van der Waals surface area contributed by atoms with Gasteiger partial charge in [-0.3, -0.25) is 19.1 Å². The average Bonchev–Trinajstić information content (AvgIpc) is 2.97. The van der Waals surface area contributed by atoms with Gasteiger partial charge in [-0.25, -0.2) is 9.78 Å². The molecule has 0 fully saturated rings. The van der Waals surface area contributed by atoms with Crippen molar-refractivity contribution in [2.75, 3.05) is 0 Å². The Morgan fingerprint density at radius 2 is 1.87 bits per heavy atom. The van der Waals surface area contributed by atoms with Gasteiger partial charge in [0.1, 0.15) is 0 Å². The van der Waals surface area contributed by atoms with E-state index in [4.69, 9.17) is 0 Å². The van der Waals surface area contributed by atoms with Crippen LogP contribution in [0.5, 0.6) is 0 Å². The number of fused-ring (bicyclic) bond motifs is 1. The van der Waals surface area contributed by atoms with E-state index >= 15 is 0 Å². The van der Waals surface area contributed by atoms with Crippen LogP contribution in [0.2, 0.25) is 0 Å². The molecule has 3 aromatic rings. The molecule has 0 amide bonds. The van der Waals surface area contributed by atoms with Crippen LogP contribution in [0.15, 0.2) is 40.2 Å². The minimum atomic E-state index is -0.610. The molecule has 23 heavy (non-hydrogen) atoms. The number of imidazole rings is 1. The van der Waals surface area contributed by atoms with E-state index in [0.717, 1.165) is 5.56 Å². The van der Waals surface area contributed by atoms with Crippen LogP contribution in [-0.2, 0) is 7.05 Å². The van der Waals surface area contributed by atoms with E-state index in [9.17, 15) is 14.4 Å². The van der Waals surface area contributed by atoms with Crippen LogP contribution in [0, 0.1) is 6.92 Å². The van der Waals surface area contributed by atoms with Crippen molar-refractivity contribution in [3.05, 3.63) is 62.6 Å². The van der Waals surface area contributed by atoms with Crippen LogP contribution in [-0.4, -0.2) is 24.9 Å². The Hall–Kier alpha value is -2.96. The van der Waals surface area contributed by atoms with Gasteiger partial charge in [0, 0.05) is 12.6 Å². The fourth-order valence-corrected chi connectivity index (χ4v) is 2.53. The van der Waals surface area contributed by atoms with E-state index in [1.807, 2.05) is 19.1 Å². The number of hydrogen-bond acceptors (Lipinski definition) is 4. The molecule has 0 aliphatic rings. The summed E-state index contributed by atoms with van der Waals surface area (Å²) in [7, 11) is 1.52. The number of carbonyl (C=O) groups is 1. The van der Waals surface area contributed by atoms with Gasteiger partial charge in [-0.1, -0.05) is 29.8 Å². The molecule has 1 N–H and O–H groups in total. The number of Topliss-reactive ketones (excluding diaryl/α,β-unsaturated/α-hetero) is 1. The van der Waals surface area contributed by atoms with Crippen molar-refractivity contribution < 1.29 is 4.79 Å². The summed E-state index contributed by atoms with van der Waals surface area (Å²) in [5.41, 5.74) is 0.997. The topological polar surface area (TPSA) is 89.8 Å². The standard InChI is InChI=1S/C16H16N4O3/c1-9-4-6-11(7-5-9)13(21)10(2)20-8-17-14-12(20)15(22)18-16(23)19(14)3/h4-8,10H,1-3H3,(H,18,22,23). The number of hydrogen-bond donors (Lipinski definition) is 1. The van der Waals surface area contributed by atoms with Gasteiger partial charge in [0.25, 0.3) is 5.56 Å². The Labute approximate surface area is 131 Å². The zero-order valence-electron chi connectivity index (χ0n) is 13.0. The van der Waals surface area contributed by atoms with E-state index in [0.29, 0.717) is 5.56 Å². The van der Waals surface area contributed by atoms with E-state index in [2.05, 4.69) is 9.97 Å². The first-order valence-electron chi connectivity index (χ1n) is 7.17. The quantitative estimate of drug-likeness (QED) is 0.735. The highest BCUT2D eigenvalue weighted by Gasteiger charge is 2.21. The number of carbonyl (C=O) groups excluding carboxylic acids is 1. The normalized spacial score (nSPS) is 12.5. The van der Waals surface area contributed by atoms with Crippen LogP contribution in [0.25, 0.3) is 11.2 Å². The third kappa shape index (κ3) is 2.40. The summed E-state index contributed by atoms with van der Waals surface area (Å²) in [4.78, 5) is 42.7. The highest BCUT2D eigenvalue weighted by atomic mass is 16.2. The van der Waals surface area contributed by atoms with Gasteiger partial charge in [0.15, 0.2) is 16.9 Å². The fraction of sp³-hybridized carbons (Fsp3) is 0.250. The number of rotatable bonds is 3. The van der Waals surface area contributed by atoms with Crippen molar-refractivity contribution in [2.45, 2.75) is 19.9 Å². The summed E-state index contributed by atoms with van der Waals surface area (Å²) < 4.78 is 2.74. The molecule has 0 saturated carbocycles. The molecule has 3 rings (SSSR count). The summed E-state index contributed by atoms with van der Waals surface area (Å²) in [5.74, 6) is -0.127. The second-order valence-corrected chi connectivity index (χ2v) is 5.55. The number of benzene rings is 1. The maximum atomic E-state index is 12.6. The van der Waals surface area contributed by atoms with Crippen molar-refractivity contribution in [1.29, 1.82) is 0 Å². The van der Waals surface area contributed by atoms with Gasteiger partial charge >= 0.3 is 5.69 Å². The molecule has 0 radical (unpaired) electrons. The van der Waals surface area contributed by atoms with Crippen LogP contribution in [0.3, 0.4) is 0 Å². The highest BCUT2D eigenvalue weighted by Crippen LogP contribution is 2.18. The van der Waals surface area contributed by atoms with Gasteiger partial charge < -0.3 is 4.57 Å². The van der Waals surface area contributed by atoms with Crippen molar-refractivity contribution in [3.8, 4) is 0 Å². The number of H-pyrrole nitrogens is 1. The largest absolute Gasteiger partial charge is 0.329 e. The second kappa shape index (κ2) is 5.35. The van der Waals surface area contributed by atoms with Gasteiger partial charge in [-0.05, 0) is 13.8 Å². The van der Waals surface area contributed by atoms with Gasteiger partial charge in [-0.2, -0.15) is 0 Å². The molecule has 7 nitrogen and oxygen atoms in total. The Morgan fingerprint density at radius 3 is 2.52 bits per heavy atom. The summed E-state index contributed by atoms with van der Waals surface area (Å²) in [5, 5.41) is 0. The molecule has 1 atom stereocenters. The van der Waals surface area contributed by atoms with Crippen molar-refractivity contribution in [3.63, 3.8) is 0 Å². The minimum absolute atomic E-state index is 0.127. The summed E-state index contributed by atoms with van der Waals surface area (Å²) in [6.07, 6.45) is 1.41. The lowest BCUT2D eigenvalue weighted by atomic mass is 10.0. The first-order chi connectivity index (χ1) is 10.9. The number of aromatic amines is 1. The maximum Gasteiger partial charge on any atom is 0.329 e. The third-order valence-corrected chi connectivity index (χ3v) is 3.97. The fourth-order valence-electron chi connectivity index (χ4n) is 2.53. The van der Waals surface area contributed by atoms with E-state index < -0.39 is 17.3 Å². The first kappa shape index (κ1) is 15.0. The van der Waals surface area contributed by atoms with E-state index in [1.165, 1.54) is 22.5 Å². The second-order valence-electron chi connectivity index (χ2n) is 5.55. The zero-order chi connectivity index (χ0) is 16.7. The smallest absolute Gasteiger partial charge is 0.314 e. The summed E-state index contributed by atoms with van der Waals surface area (Å²) in [6.45, 7) is 3.65. The number of aromatic nitrogens is 4. The molecule has 0 aliphatic heterocycles. The van der Waals surface area contributed by atoms with E-state index in [-0.39, 0.29) is 16.9 Å². The predicted octanol–water partition coefficient (Wildman–Crippen LogP) is 1.18. The minimum Gasteiger partial charge on any atom is -0.314 e. The monoisotopic (exact) mass is 312 g/mol. The summed E-state index contributed by atoms with van der Waals surface area (Å²) in [6, 6.07) is 6.63. The Balaban J connectivity index is 2.11. The molecule has 1 unspecified atom stereocenters. The van der Waals surface area contributed by atoms with Crippen molar-refractivity contribution >= 4 is 16.9 Å². The maximum absolute atomic E-state index is 12.6. The number of nitrogens with one attached hydrogen (secondary N) is 1. The van der Waals surface area contributed by atoms with Crippen LogP contribution >= 0.6 is 0 Å². The van der Waals surface area contributed by atoms with Gasteiger partial charge in [-0.15, -0.1) is 0 Å². The van der Waals surface area contributed by atoms with Gasteiger partial charge in [0.2, 0.25) is 0 Å². The lowest BCUT2D eigenvalue weighted by Crippen LogP contribution is -2.30. The lowest BCUT2D eigenvalue weighted by Gasteiger charge is -2.13. The molecule has 0 spiro atoms. The Bertz CT molecular complexity index is 1010. The molecule has 118 valence electrons. The Kier molecular flexibility index (Phi) is 3.48. The van der Waals surface area contributed by atoms with E-state index in [1.54, 1.807) is 19.1 Å². The van der Waals surface area contributed by atoms with Crippen molar-refractivity contribution in [2.24, 2.45) is 7.05 Å². The summed E-state index contributed by atoms with van der Waals surface area (Å²) >= 11 is 0. The van der Waals surface area contributed by atoms with Crippen molar-refractivity contribution in [1.82, 2.24) is 19.1 Å². The average molecular weight is 312 g/mol. The highest BCUT2D eigenvalue weighted by molar-refractivity contribution is 5.99. The number of aryl methyl sites for hydroxylation is 2. The SMILES string of the molecule is Cc1ccc(C(=O)C(C)n2cnc3c2c(=O)[nH]c(=O)n3C)cc1. The van der Waals surface area contributed by atoms with Crippen LogP contribution < -0.4 is 11.2 Å². The lowest BCUT2D eigenvalue weighted by molar-refractivity contribution is 0.0937. The van der Waals surface area contributed by atoms with Gasteiger partial charge in [0.05, 0.1) is 12.4 Å². The molecule has 0 saturated heterocycles. The molecular formula is C16H16N4O3. The Morgan fingerprint density at radius 1 is 1.22 bits per heavy atom. The molecule has 0 bridgehead atoms. The molecule has 0 aliphatic carbocycles. The number of ketones is 1. The predicted molar refractivity (Wildman–Crippen MR) is 85.8 cm³/mol. The first-order valence-corrected chi connectivity index (χ1v) is 7.17. The van der Waals surface area contributed by atoms with Crippen LogP contribution in [0.4, 0.5) is 0 Å². The molecular weight excluding hydrogens is 296 g/mol. The third-order valence-electron chi connectivity index (χ3n) is 3.97. The molecule has 1 aromatic carbocycles. The zero-order valence-corrected chi connectivity index (χ0v) is 13.0. The molecule has 2 aromatic heterocycles. The molecule has 7 heteroatoms. The number of nitrogens with zero attached hydrogens (tertiary/aromatic N) is 3.